The maximum absolute atomic E-state index is 5.22. The topological polar surface area (TPSA) is 43.7 Å². The number of rotatable bonds is 5. The van der Waals surface area contributed by atoms with Crippen molar-refractivity contribution < 1.29 is 9.57 Å². The maximum atomic E-state index is 5.22. The second-order valence-electron chi connectivity index (χ2n) is 4.31. The molecular weight excluding hydrogens is 252 g/mol. The Morgan fingerprint density at radius 3 is 2.35 bits per heavy atom. The molecule has 0 fully saturated rings. The molecule has 0 N–H and O–H groups in total. The van der Waals surface area contributed by atoms with E-state index in [1.165, 1.54) is 5.56 Å². The second kappa shape index (κ2) is 6.70. The van der Waals surface area contributed by atoms with E-state index in [0.29, 0.717) is 12.5 Å². The lowest BCUT2D eigenvalue weighted by molar-refractivity contribution is 0.159. The fourth-order valence-electron chi connectivity index (χ4n) is 1.75. The molecule has 2 aromatic rings. The highest BCUT2D eigenvalue weighted by molar-refractivity contribution is 6.12. The highest BCUT2D eigenvalue weighted by atomic mass is 16.6. The van der Waals surface area contributed by atoms with Crippen molar-refractivity contribution >= 4 is 5.71 Å². The van der Waals surface area contributed by atoms with Crippen molar-refractivity contribution in [2.45, 2.75) is 13.8 Å². The van der Waals surface area contributed by atoms with E-state index in [1.54, 1.807) is 13.3 Å². The zero-order valence-electron chi connectivity index (χ0n) is 12.0. The Labute approximate surface area is 119 Å². The summed E-state index contributed by atoms with van der Waals surface area (Å²) in [7, 11) is 1.59. The van der Waals surface area contributed by atoms with Gasteiger partial charge in [0, 0.05) is 23.4 Å². The highest BCUT2D eigenvalue weighted by Crippen LogP contribution is 2.14. The molecule has 0 amide bonds. The number of benzene rings is 1. The van der Waals surface area contributed by atoms with Crippen molar-refractivity contribution in [3.8, 4) is 5.88 Å². The van der Waals surface area contributed by atoms with Crippen LogP contribution < -0.4 is 4.74 Å². The Balaban J connectivity index is 2.38. The van der Waals surface area contributed by atoms with Crippen LogP contribution in [0.4, 0.5) is 0 Å². The van der Waals surface area contributed by atoms with Crippen LogP contribution in [0.3, 0.4) is 0 Å². The van der Waals surface area contributed by atoms with E-state index in [2.05, 4.69) is 17.1 Å². The zero-order valence-corrected chi connectivity index (χ0v) is 12.0. The number of ether oxygens (including phenoxy) is 1. The van der Waals surface area contributed by atoms with Crippen LogP contribution in [0.5, 0.6) is 5.88 Å². The van der Waals surface area contributed by atoms with E-state index in [4.69, 9.17) is 9.57 Å². The first-order valence-electron chi connectivity index (χ1n) is 6.52. The molecule has 2 rings (SSSR count). The van der Waals surface area contributed by atoms with Gasteiger partial charge in [0.2, 0.25) is 5.88 Å². The summed E-state index contributed by atoms with van der Waals surface area (Å²) in [6.07, 6.45) is 1.73. The zero-order chi connectivity index (χ0) is 14.4. The van der Waals surface area contributed by atoms with Crippen LogP contribution in [0.15, 0.2) is 47.8 Å². The molecule has 4 heteroatoms. The Morgan fingerprint density at radius 2 is 1.80 bits per heavy atom. The minimum atomic E-state index is 0.527. The number of nitrogens with zero attached hydrogens (tertiary/aromatic N) is 2. The number of oxime groups is 1. The molecule has 4 nitrogen and oxygen atoms in total. The average Bonchev–Trinajstić information content (AvgIpc) is 2.50. The summed E-state index contributed by atoms with van der Waals surface area (Å²) >= 11 is 0. The molecule has 0 atom stereocenters. The van der Waals surface area contributed by atoms with Gasteiger partial charge in [-0.15, -0.1) is 0 Å². The fourth-order valence-corrected chi connectivity index (χ4v) is 1.75. The molecule has 1 heterocycles. The van der Waals surface area contributed by atoms with Crippen molar-refractivity contribution in [1.29, 1.82) is 0 Å². The van der Waals surface area contributed by atoms with Crippen molar-refractivity contribution in [1.82, 2.24) is 4.98 Å². The van der Waals surface area contributed by atoms with Crippen molar-refractivity contribution in [3.05, 3.63) is 59.3 Å². The molecule has 0 aliphatic carbocycles. The second-order valence-corrected chi connectivity index (χ2v) is 4.31. The lowest BCUT2D eigenvalue weighted by atomic mass is 10.0. The quantitative estimate of drug-likeness (QED) is 0.619. The first-order chi connectivity index (χ1) is 9.74. The number of aryl methyl sites for hydroxylation is 1. The van der Waals surface area contributed by atoms with Gasteiger partial charge in [-0.3, -0.25) is 0 Å². The smallest absolute Gasteiger partial charge is 0.212 e. The molecule has 0 saturated heterocycles. The maximum Gasteiger partial charge on any atom is 0.212 e. The third-order valence-electron chi connectivity index (χ3n) is 2.83. The van der Waals surface area contributed by atoms with Crippen LogP contribution in [-0.4, -0.2) is 24.4 Å². The molecule has 0 spiro atoms. The molecule has 0 unspecified atom stereocenters. The lowest BCUT2D eigenvalue weighted by Gasteiger charge is -2.07. The van der Waals surface area contributed by atoms with E-state index in [1.807, 2.05) is 43.3 Å². The van der Waals surface area contributed by atoms with Crippen molar-refractivity contribution in [2.24, 2.45) is 5.16 Å². The Kier molecular flexibility index (Phi) is 4.71. The van der Waals surface area contributed by atoms with Gasteiger partial charge in [0.05, 0.1) is 7.11 Å². The van der Waals surface area contributed by atoms with Crippen LogP contribution in [-0.2, 0) is 4.84 Å². The molecule has 0 saturated carbocycles. The largest absolute Gasteiger partial charge is 0.481 e. The minimum absolute atomic E-state index is 0.527. The van der Waals surface area contributed by atoms with E-state index >= 15 is 0 Å². The van der Waals surface area contributed by atoms with Gasteiger partial charge >= 0.3 is 0 Å². The van der Waals surface area contributed by atoms with Gasteiger partial charge in [-0.25, -0.2) is 4.98 Å². The van der Waals surface area contributed by atoms with Gasteiger partial charge in [-0.1, -0.05) is 35.0 Å². The monoisotopic (exact) mass is 270 g/mol. The first-order valence-corrected chi connectivity index (χ1v) is 6.52. The predicted octanol–water partition coefficient (Wildman–Crippen LogP) is 3.19. The van der Waals surface area contributed by atoms with Gasteiger partial charge in [0.15, 0.2) is 0 Å². The molecule has 1 aromatic carbocycles. The van der Waals surface area contributed by atoms with Gasteiger partial charge < -0.3 is 9.57 Å². The summed E-state index contributed by atoms with van der Waals surface area (Å²) < 4.78 is 5.07. The third-order valence-corrected chi connectivity index (χ3v) is 2.83. The first kappa shape index (κ1) is 14.1. The standard InChI is InChI=1S/C16H18N2O2/c1-4-20-18-16(13-7-5-12(2)6-8-13)14-9-10-15(19-3)17-11-14/h5-11H,4H2,1-3H3. The molecule has 0 aliphatic heterocycles. The van der Waals surface area contributed by atoms with Gasteiger partial charge in [0.1, 0.15) is 12.3 Å². The molecular formula is C16H18N2O2. The van der Waals surface area contributed by atoms with E-state index in [0.717, 1.165) is 16.8 Å². The summed E-state index contributed by atoms with van der Waals surface area (Å²) in [5.41, 5.74) is 3.86. The van der Waals surface area contributed by atoms with Crippen LogP contribution >= 0.6 is 0 Å². The van der Waals surface area contributed by atoms with Crippen LogP contribution in [0.25, 0.3) is 0 Å². The molecule has 104 valence electrons. The number of aromatic nitrogens is 1. The SMILES string of the molecule is CCON=C(c1ccc(C)cc1)c1ccc(OC)nc1. The van der Waals surface area contributed by atoms with Gasteiger partial charge in [0.25, 0.3) is 0 Å². The van der Waals surface area contributed by atoms with Gasteiger partial charge in [-0.2, -0.15) is 0 Å². The Hall–Kier alpha value is -2.36. The van der Waals surface area contributed by atoms with E-state index in [9.17, 15) is 0 Å². The number of hydrogen-bond acceptors (Lipinski definition) is 4. The summed E-state index contributed by atoms with van der Waals surface area (Å²) in [4.78, 5) is 9.43. The molecule has 20 heavy (non-hydrogen) atoms. The lowest BCUT2D eigenvalue weighted by Crippen LogP contribution is -2.05. The normalized spacial score (nSPS) is 11.2. The fraction of sp³-hybridized carbons (Fsp3) is 0.250. The molecule has 1 aromatic heterocycles. The van der Waals surface area contributed by atoms with Crippen LogP contribution in [0, 0.1) is 6.92 Å². The summed E-state index contributed by atoms with van der Waals surface area (Å²) in [6.45, 7) is 4.49. The number of pyridine rings is 1. The van der Waals surface area contributed by atoms with Crippen LogP contribution in [0.2, 0.25) is 0 Å². The minimum Gasteiger partial charge on any atom is -0.481 e. The molecule has 0 bridgehead atoms. The van der Waals surface area contributed by atoms with E-state index < -0.39 is 0 Å². The third kappa shape index (κ3) is 3.35. The Bertz CT molecular complexity index is 574. The summed E-state index contributed by atoms with van der Waals surface area (Å²) in [6, 6.07) is 11.9. The Morgan fingerprint density at radius 1 is 1.10 bits per heavy atom. The average molecular weight is 270 g/mol. The van der Waals surface area contributed by atoms with Crippen molar-refractivity contribution in [3.63, 3.8) is 0 Å². The summed E-state index contributed by atoms with van der Waals surface area (Å²) in [5.74, 6) is 0.577. The van der Waals surface area contributed by atoms with Crippen LogP contribution in [0.1, 0.15) is 23.6 Å². The molecule has 0 radical (unpaired) electrons. The van der Waals surface area contributed by atoms with Crippen molar-refractivity contribution in [2.75, 3.05) is 13.7 Å². The number of methoxy groups -OCH3 is 1. The highest BCUT2D eigenvalue weighted by Gasteiger charge is 2.09. The van der Waals surface area contributed by atoms with E-state index in [-0.39, 0.29) is 0 Å². The predicted molar refractivity (Wildman–Crippen MR) is 79.2 cm³/mol. The number of hydrogen-bond donors (Lipinski definition) is 0. The summed E-state index contributed by atoms with van der Waals surface area (Å²) in [5, 5.41) is 4.20. The molecule has 0 aliphatic rings. The van der Waals surface area contributed by atoms with Gasteiger partial charge in [-0.05, 0) is 19.9 Å².